The Morgan fingerprint density at radius 3 is 2.50 bits per heavy atom. The molecule has 24 heavy (non-hydrogen) atoms. The lowest BCUT2D eigenvalue weighted by Crippen LogP contribution is -2.49. The number of amides is 2. The molecule has 2 aliphatic rings. The smallest absolute Gasteiger partial charge is 0.315 e. The van der Waals surface area contributed by atoms with Gasteiger partial charge in [-0.2, -0.15) is 5.10 Å². The van der Waals surface area contributed by atoms with Gasteiger partial charge in [0.15, 0.2) is 0 Å². The number of hydrogen-bond donors (Lipinski definition) is 1. The van der Waals surface area contributed by atoms with Crippen LogP contribution in [0.4, 0.5) is 5.82 Å². The Morgan fingerprint density at radius 2 is 1.88 bits per heavy atom. The van der Waals surface area contributed by atoms with E-state index in [0.29, 0.717) is 24.9 Å². The van der Waals surface area contributed by atoms with Crippen LogP contribution in [-0.4, -0.2) is 63.6 Å². The summed E-state index contributed by atoms with van der Waals surface area (Å²) < 4.78 is 1.69. The second-order valence-electron chi connectivity index (χ2n) is 6.66. The Kier molecular flexibility index (Phi) is 4.99. The van der Waals surface area contributed by atoms with E-state index in [1.165, 1.54) is 0 Å². The first-order valence-electron chi connectivity index (χ1n) is 8.59. The van der Waals surface area contributed by atoms with Gasteiger partial charge in [-0.15, -0.1) is 0 Å². The van der Waals surface area contributed by atoms with Gasteiger partial charge in [-0.25, -0.2) is 4.68 Å². The lowest BCUT2D eigenvalue weighted by molar-refractivity contribution is -0.144. The molecule has 0 radical (unpaired) electrons. The predicted octanol–water partition coefficient (Wildman–Crippen LogP) is 1.27. The molecule has 0 saturated carbocycles. The van der Waals surface area contributed by atoms with Crippen LogP contribution in [0.15, 0.2) is 24.4 Å². The van der Waals surface area contributed by atoms with Crippen LogP contribution in [0.2, 0.25) is 0 Å². The molecule has 0 bridgehead atoms. The second kappa shape index (κ2) is 7.17. The van der Waals surface area contributed by atoms with Crippen molar-refractivity contribution in [2.24, 2.45) is 0 Å². The van der Waals surface area contributed by atoms with Crippen molar-refractivity contribution in [1.82, 2.24) is 19.6 Å². The van der Waals surface area contributed by atoms with Gasteiger partial charge in [-0.1, -0.05) is 12.2 Å². The summed E-state index contributed by atoms with van der Waals surface area (Å²) in [6.07, 6.45) is 7.83. The minimum atomic E-state index is -0.585. The Balaban J connectivity index is 1.53. The summed E-state index contributed by atoms with van der Waals surface area (Å²) in [6.45, 7) is 7.22. The first kappa shape index (κ1) is 16.7. The minimum Gasteiger partial charge on any atom is -0.334 e. The zero-order valence-corrected chi connectivity index (χ0v) is 14.3. The largest absolute Gasteiger partial charge is 0.334 e. The zero-order chi connectivity index (χ0) is 17.1. The maximum absolute atomic E-state index is 12.4. The fraction of sp³-hybridized carbons (Fsp3) is 0.588. The topological polar surface area (TPSA) is 70.5 Å². The number of anilines is 1. The number of aromatic nitrogens is 2. The Bertz CT molecular complexity index is 621. The molecule has 1 aromatic rings. The van der Waals surface area contributed by atoms with Crippen molar-refractivity contribution in [3.05, 3.63) is 24.4 Å². The highest BCUT2D eigenvalue weighted by atomic mass is 16.2. The summed E-state index contributed by atoms with van der Waals surface area (Å²) in [7, 11) is 0. The van der Waals surface area contributed by atoms with Crippen molar-refractivity contribution >= 4 is 17.6 Å². The van der Waals surface area contributed by atoms with Crippen LogP contribution in [0.3, 0.4) is 0 Å². The van der Waals surface area contributed by atoms with Crippen LogP contribution in [-0.2, 0) is 9.59 Å². The molecular weight excluding hydrogens is 306 g/mol. The molecule has 1 aromatic heterocycles. The van der Waals surface area contributed by atoms with Gasteiger partial charge < -0.3 is 10.2 Å². The normalized spacial score (nSPS) is 19.2. The number of likely N-dealkylation sites (tertiary alicyclic amines) is 1. The van der Waals surface area contributed by atoms with Crippen LogP contribution < -0.4 is 5.32 Å². The molecule has 0 aliphatic carbocycles. The van der Waals surface area contributed by atoms with E-state index >= 15 is 0 Å². The third-order valence-corrected chi connectivity index (χ3v) is 4.71. The molecule has 1 N–H and O–H groups in total. The Morgan fingerprint density at radius 1 is 1.21 bits per heavy atom. The number of nitrogens with one attached hydrogen (secondary N) is 1. The number of piperidine rings is 1. The second-order valence-corrected chi connectivity index (χ2v) is 6.66. The van der Waals surface area contributed by atoms with Gasteiger partial charge in [-0.3, -0.25) is 14.5 Å². The van der Waals surface area contributed by atoms with E-state index in [1.807, 2.05) is 13.8 Å². The Hall–Kier alpha value is -2.15. The number of nitrogens with zero attached hydrogens (tertiary/aromatic N) is 4. The van der Waals surface area contributed by atoms with Crippen molar-refractivity contribution in [2.45, 2.75) is 38.8 Å². The lowest BCUT2D eigenvalue weighted by atomic mass is 10.0. The van der Waals surface area contributed by atoms with Crippen molar-refractivity contribution in [3.8, 4) is 0 Å². The SMILES string of the molecule is CC(C)n1nccc1NC(=O)C(=O)N1CCC(N2CC=CC2)CC1. The van der Waals surface area contributed by atoms with E-state index < -0.39 is 11.8 Å². The summed E-state index contributed by atoms with van der Waals surface area (Å²) in [5, 5.41) is 6.85. The average molecular weight is 331 g/mol. The van der Waals surface area contributed by atoms with Crippen LogP contribution in [0.5, 0.6) is 0 Å². The summed E-state index contributed by atoms with van der Waals surface area (Å²) in [4.78, 5) is 28.7. The van der Waals surface area contributed by atoms with Gasteiger partial charge >= 0.3 is 11.8 Å². The Labute approximate surface area is 142 Å². The van der Waals surface area contributed by atoms with Crippen LogP contribution in [0.1, 0.15) is 32.7 Å². The summed E-state index contributed by atoms with van der Waals surface area (Å²) in [5.41, 5.74) is 0. The highest BCUT2D eigenvalue weighted by Crippen LogP contribution is 2.19. The van der Waals surface area contributed by atoms with Crippen LogP contribution in [0, 0.1) is 0 Å². The summed E-state index contributed by atoms with van der Waals surface area (Å²) >= 11 is 0. The van der Waals surface area contributed by atoms with E-state index in [1.54, 1.807) is 21.8 Å². The third kappa shape index (κ3) is 3.51. The quantitative estimate of drug-likeness (QED) is 0.669. The minimum absolute atomic E-state index is 0.121. The van der Waals surface area contributed by atoms with Crippen molar-refractivity contribution in [3.63, 3.8) is 0 Å². The van der Waals surface area contributed by atoms with Crippen molar-refractivity contribution in [2.75, 3.05) is 31.5 Å². The van der Waals surface area contributed by atoms with Gasteiger partial charge in [0.05, 0.1) is 6.20 Å². The molecule has 0 unspecified atom stereocenters. The lowest BCUT2D eigenvalue weighted by Gasteiger charge is -2.36. The molecule has 1 saturated heterocycles. The van der Waals surface area contributed by atoms with Gasteiger partial charge in [0.2, 0.25) is 0 Å². The molecule has 0 atom stereocenters. The zero-order valence-electron chi connectivity index (χ0n) is 14.3. The molecule has 0 spiro atoms. The molecule has 2 amide bonds. The number of hydrogen-bond acceptors (Lipinski definition) is 4. The van der Waals surface area contributed by atoms with Gasteiger partial charge in [-0.05, 0) is 26.7 Å². The van der Waals surface area contributed by atoms with Gasteiger partial charge in [0.1, 0.15) is 5.82 Å². The van der Waals surface area contributed by atoms with E-state index in [2.05, 4.69) is 27.5 Å². The molecule has 1 fully saturated rings. The van der Waals surface area contributed by atoms with Crippen molar-refractivity contribution in [1.29, 1.82) is 0 Å². The summed E-state index contributed by atoms with van der Waals surface area (Å²) in [6, 6.07) is 2.34. The highest BCUT2D eigenvalue weighted by Gasteiger charge is 2.30. The standard InChI is InChI=1S/C17H25N5O2/c1-13(2)22-15(5-8-18-22)19-16(23)17(24)21-11-6-14(7-12-21)20-9-3-4-10-20/h3-5,8,13-14H,6-7,9-12H2,1-2H3,(H,19,23). The van der Waals surface area contributed by atoms with Crippen LogP contribution in [0.25, 0.3) is 0 Å². The molecule has 7 heteroatoms. The van der Waals surface area contributed by atoms with Gasteiger partial charge in [0, 0.05) is 44.3 Å². The number of carbonyl (C=O) groups is 2. The van der Waals surface area contributed by atoms with E-state index in [-0.39, 0.29) is 6.04 Å². The number of rotatable bonds is 3. The van der Waals surface area contributed by atoms with E-state index in [9.17, 15) is 9.59 Å². The first-order chi connectivity index (χ1) is 11.6. The maximum atomic E-state index is 12.4. The first-order valence-corrected chi connectivity index (χ1v) is 8.59. The maximum Gasteiger partial charge on any atom is 0.315 e. The monoisotopic (exact) mass is 331 g/mol. The van der Waals surface area contributed by atoms with Crippen LogP contribution >= 0.6 is 0 Å². The molecule has 130 valence electrons. The van der Waals surface area contributed by atoms with Crippen molar-refractivity contribution < 1.29 is 9.59 Å². The molecule has 3 rings (SSSR count). The highest BCUT2D eigenvalue weighted by molar-refractivity contribution is 6.39. The third-order valence-electron chi connectivity index (χ3n) is 4.71. The fourth-order valence-electron chi connectivity index (χ4n) is 3.36. The summed E-state index contributed by atoms with van der Waals surface area (Å²) in [5.74, 6) is -0.482. The molecular formula is C17H25N5O2. The van der Waals surface area contributed by atoms with E-state index in [0.717, 1.165) is 25.9 Å². The molecule has 3 heterocycles. The molecule has 2 aliphatic heterocycles. The average Bonchev–Trinajstić information content (AvgIpc) is 3.26. The molecule has 7 nitrogen and oxygen atoms in total. The van der Waals surface area contributed by atoms with Gasteiger partial charge in [0.25, 0.3) is 0 Å². The fourth-order valence-corrected chi connectivity index (χ4v) is 3.36. The number of carbonyl (C=O) groups excluding carboxylic acids is 2. The van der Waals surface area contributed by atoms with E-state index in [4.69, 9.17) is 0 Å². The predicted molar refractivity (Wildman–Crippen MR) is 91.6 cm³/mol. The molecule has 0 aromatic carbocycles.